The Kier molecular flexibility index (Phi) is 5.55. The molecule has 4 heterocycles. The first-order chi connectivity index (χ1) is 15.5. The van der Waals surface area contributed by atoms with Crippen LogP contribution in [0.1, 0.15) is 6.42 Å². The van der Waals surface area contributed by atoms with E-state index in [0.717, 1.165) is 0 Å². The molecule has 0 saturated carbocycles. The predicted molar refractivity (Wildman–Crippen MR) is 121 cm³/mol. The van der Waals surface area contributed by atoms with E-state index in [1.807, 2.05) is 24.3 Å². The lowest BCUT2D eigenvalue weighted by Gasteiger charge is -2.35. The minimum absolute atomic E-state index is 0.0264. The van der Waals surface area contributed by atoms with Gasteiger partial charge in [0.2, 0.25) is 5.91 Å². The van der Waals surface area contributed by atoms with Crippen LogP contribution in [0, 0.1) is 11.8 Å². The third-order valence-corrected chi connectivity index (χ3v) is 8.60. The van der Waals surface area contributed by atoms with E-state index in [0.29, 0.717) is 23.7 Å². The standard InChI is InChI=1S/C23H23ClN2O5S/c24-14-5-7-15(8-6-14)25-10-3-9-23-18(20(28)26(11-12-27)19(23)21(25)29)17-16(32-23)4-1-2-13-31-22(17)30/h1,3-9,16-19,27H,2,10-13H2/t16-,17+,18+,19?,23+/m1/s1. The number of anilines is 1. The van der Waals surface area contributed by atoms with E-state index in [1.54, 1.807) is 29.2 Å². The number of hydrogen-bond acceptors (Lipinski definition) is 6. The molecular weight excluding hydrogens is 452 g/mol. The average molecular weight is 475 g/mol. The molecule has 4 aliphatic rings. The predicted octanol–water partition coefficient (Wildman–Crippen LogP) is 2.04. The number of aliphatic hydroxyl groups is 1. The van der Waals surface area contributed by atoms with Crippen LogP contribution in [0.25, 0.3) is 0 Å². The number of carbonyl (C=O) groups is 3. The average Bonchev–Trinajstić information content (AvgIpc) is 3.13. The summed E-state index contributed by atoms with van der Waals surface area (Å²) in [4.78, 5) is 43.6. The molecule has 0 bridgehead atoms. The van der Waals surface area contributed by atoms with Crippen LogP contribution < -0.4 is 4.90 Å². The zero-order valence-electron chi connectivity index (χ0n) is 17.2. The molecule has 1 aromatic carbocycles. The van der Waals surface area contributed by atoms with E-state index in [9.17, 15) is 19.5 Å². The molecule has 1 aromatic rings. The lowest BCUT2D eigenvalue weighted by atomic mass is 9.78. The Hall–Kier alpha value is -2.29. The van der Waals surface area contributed by atoms with Crippen molar-refractivity contribution in [3.8, 4) is 0 Å². The molecule has 4 aliphatic heterocycles. The molecule has 32 heavy (non-hydrogen) atoms. The molecule has 1 unspecified atom stereocenters. The first kappa shape index (κ1) is 21.6. The molecule has 5 atom stereocenters. The molecule has 5 rings (SSSR count). The number of halogens is 1. The van der Waals surface area contributed by atoms with Crippen molar-refractivity contribution in [2.24, 2.45) is 11.8 Å². The third kappa shape index (κ3) is 3.19. The molecule has 7 nitrogen and oxygen atoms in total. The normalized spacial score (nSPS) is 33.9. The maximum absolute atomic E-state index is 13.9. The SMILES string of the molecule is O=C1OCCC=C[C@H]2S[C@]34C=CCN(c5ccc(Cl)cc5)C(=O)C3N(CCO)C(=O)[C@@H]4[C@@H]12. The largest absolute Gasteiger partial charge is 0.465 e. The maximum atomic E-state index is 13.9. The summed E-state index contributed by atoms with van der Waals surface area (Å²) in [6.45, 7) is 0.369. The van der Waals surface area contributed by atoms with Crippen LogP contribution in [-0.4, -0.2) is 70.1 Å². The smallest absolute Gasteiger partial charge is 0.311 e. The van der Waals surface area contributed by atoms with Gasteiger partial charge in [-0.2, -0.15) is 0 Å². The van der Waals surface area contributed by atoms with E-state index in [1.165, 1.54) is 16.7 Å². The highest BCUT2D eigenvalue weighted by atomic mass is 35.5. The minimum atomic E-state index is -0.909. The van der Waals surface area contributed by atoms with Crippen LogP contribution in [0.2, 0.25) is 5.02 Å². The number of hydrogen-bond donors (Lipinski definition) is 1. The van der Waals surface area contributed by atoms with E-state index < -0.39 is 28.6 Å². The fourth-order valence-electron chi connectivity index (χ4n) is 5.31. The maximum Gasteiger partial charge on any atom is 0.311 e. The second-order valence-corrected chi connectivity index (χ2v) is 10.2. The number of likely N-dealkylation sites (tertiary alicyclic amines) is 1. The number of esters is 1. The number of rotatable bonds is 3. The molecule has 1 spiro atoms. The number of β-amino-alcohol motifs (C(OH)–C–C–N with tert-alkyl or cyclic N) is 1. The minimum Gasteiger partial charge on any atom is -0.465 e. The first-order valence-corrected chi connectivity index (χ1v) is 11.9. The van der Waals surface area contributed by atoms with Crippen LogP contribution in [-0.2, 0) is 19.1 Å². The van der Waals surface area contributed by atoms with Gasteiger partial charge >= 0.3 is 5.97 Å². The van der Waals surface area contributed by atoms with Crippen LogP contribution in [0.5, 0.6) is 0 Å². The molecule has 0 radical (unpaired) electrons. The van der Waals surface area contributed by atoms with Crippen molar-refractivity contribution < 1.29 is 24.2 Å². The fraction of sp³-hybridized carbons (Fsp3) is 0.435. The second-order valence-electron chi connectivity index (χ2n) is 8.31. The molecule has 2 fully saturated rings. The van der Waals surface area contributed by atoms with Gasteiger partial charge in [0.05, 0.1) is 29.8 Å². The van der Waals surface area contributed by atoms with E-state index in [2.05, 4.69) is 0 Å². The van der Waals surface area contributed by atoms with E-state index in [-0.39, 0.29) is 36.8 Å². The number of thioether (sulfide) groups is 1. The van der Waals surface area contributed by atoms with Crippen LogP contribution in [0.15, 0.2) is 48.6 Å². The summed E-state index contributed by atoms with van der Waals surface area (Å²) in [5.74, 6) is -2.32. The topological polar surface area (TPSA) is 87.2 Å². The summed E-state index contributed by atoms with van der Waals surface area (Å²) in [6.07, 6.45) is 8.41. The zero-order valence-corrected chi connectivity index (χ0v) is 18.8. The third-order valence-electron chi connectivity index (χ3n) is 6.60. The van der Waals surface area contributed by atoms with Gasteiger partial charge in [0.1, 0.15) is 6.04 Å². The number of ether oxygens (including phenoxy) is 1. The molecule has 168 valence electrons. The number of aliphatic hydroxyl groups excluding tert-OH is 1. The highest BCUT2D eigenvalue weighted by Gasteiger charge is 2.70. The molecule has 9 heteroatoms. The van der Waals surface area contributed by atoms with Gasteiger partial charge in [0.15, 0.2) is 0 Å². The van der Waals surface area contributed by atoms with Crippen LogP contribution >= 0.6 is 23.4 Å². The van der Waals surface area contributed by atoms with E-state index >= 15 is 0 Å². The van der Waals surface area contributed by atoms with Crippen molar-refractivity contribution in [2.75, 3.05) is 31.2 Å². The summed E-state index contributed by atoms with van der Waals surface area (Å²) in [5, 5.41) is 9.98. The van der Waals surface area contributed by atoms with Crippen molar-refractivity contribution in [1.82, 2.24) is 4.90 Å². The summed E-state index contributed by atoms with van der Waals surface area (Å²) < 4.78 is 4.52. The zero-order chi connectivity index (χ0) is 22.5. The van der Waals surface area contributed by atoms with Gasteiger partial charge in [-0.05, 0) is 30.7 Å². The van der Waals surface area contributed by atoms with Crippen molar-refractivity contribution in [2.45, 2.75) is 22.5 Å². The summed E-state index contributed by atoms with van der Waals surface area (Å²) in [7, 11) is 0. The Balaban J connectivity index is 1.61. The quantitative estimate of drug-likeness (QED) is 0.533. The number of benzene rings is 1. The van der Waals surface area contributed by atoms with Gasteiger partial charge in [-0.3, -0.25) is 14.4 Å². The second kappa shape index (κ2) is 8.24. The Morgan fingerprint density at radius 1 is 1.16 bits per heavy atom. The summed E-state index contributed by atoms with van der Waals surface area (Å²) in [5.41, 5.74) is 0.675. The van der Waals surface area contributed by atoms with Crippen LogP contribution in [0.3, 0.4) is 0 Å². The molecule has 0 aromatic heterocycles. The molecular formula is C23H23ClN2O5S. The molecule has 0 aliphatic carbocycles. The van der Waals surface area contributed by atoms with Gasteiger partial charge < -0.3 is 19.6 Å². The monoisotopic (exact) mass is 474 g/mol. The van der Waals surface area contributed by atoms with Crippen LogP contribution in [0.4, 0.5) is 5.69 Å². The molecule has 1 N–H and O–H groups in total. The lowest BCUT2D eigenvalue weighted by molar-refractivity contribution is -0.153. The number of amides is 2. The number of carbonyl (C=O) groups excluding carboxylic acids is 3. The first-order valence-electron chi connectivity index (χ1n) is 10.6. The Bertz CT molecular complexity index is 1010. The van der Waals surface area contributed by atoms with E-state index in [4.69, 9.17) is 16.3 Å². The summed E-state index contributed by atoms with van der Waals surface area (Å²) >= 11 is 7.51. The lowest BCUT2D eigenvalue weighted by Crippen LogP contribution is -2.53. The van der Waals surface area contributed by atoms with Gasteiger partial charge in [-0.25, -0.2) is 0 Å². The van der Waals surface area contributed by atoms with Gasteiger partial charge in [0, 0.05) is 29.0 Å². The number of fused-ring (bicyclic) bond motifs is 2. The fourth-order valence-corrected chi connectivity index (χ4v) is 7.44. The molecule has 2 saturated heterocycles. The number of nitrogens with zero attached hydrogens (tertiary/aromatic N) is 2. The van der Waals surface area contributed by atoms with Gasteiger partial charge in [-0.15, -0.1) is 11.8 Å². The Labute approximate surface area is 195 Å². The van der Waals surface area contributed by atoms with Crippen molar-refractivity contribution in [1.29, 1.82) is 0 Å². The summed E-state index contributed by atoms with van der Waals surface area (Å²) in [6, 6.07) is 6.14. The highest BCUT2D eigenvalue weighted by Crippen LogP contribution is 2.60. The molecule has 2 amide bonds. The van der Waals surface area contributed by atoms with Gasteiger partial charge in [0.25, 0.3) is 5.91 Å². The number of cyclic esters (lactones) is 1. The van der Waals surface area contributed by atoms with Gasteiger partial charge in [-0.1, -0.05) is 35.9 Å². The highest BCUT2D eigenvalue weighted by molar-refractivity contribution is 8.02. The Morgan fingerprint density at radius 3 is 2.69 bits per heavy atom. The Morgan fingerprint density at radius 2 is 1.94 bits per heavy atom. The van der Waals surface area contributed by atoms with Crippen molar-refractivity contribution in [3.05, 3.63) is 53.6 Å². The van der Waals surface area contributed by atoms with Crippen molar-refractivity contribution in [3.63, 3.8) is 0 Å². The van der Waals surface area contributed by atoms with Crippen molar-refractivity contribution >= 4 is 46.8 Å².